The molecule has 1 unspecified atom stereocenters. The van der Waals surface area contributed by atoms with Gasteiger partial charge in [0.25, 0.3) is 0 Å². The zero-order chi connectivity index (χ0) is 14.2. The molecule has 22 heavy (non-hydrogen) atoms. The van der Waals surface area contributed by atoms with E-state index in [0.717, 1.165) is 59.1 Å². The van der Waals surface area contributed by atoms with Gasteiger partial charge in [-0.1, -0.05) is 0 Å². The molecule has 2 saturated heterocycles. The summed E-state index contributed by atoms with van der Waals surface area (Å²) in [7, 11) is 0. The number of nitrogens with zero attached hydrogens (tertiary/aromatic N) is 2. The number of amides is 1. The Balaban J connectivity index is 0.00000220. The van der Waals surface area contributed by atoms with Crippen LogP contribution in [0.25, 0.3) is 0 Å². The first-order valence-corrected chi connectivity index (χ1v) is 7.68. The second-order valence-corrected chi connectivity index (χ2v) is 5.35. The standard InChI is InChI=1S/C14H27N3O3.2ClH/c1-2-19-10-8-16-4-6-17(7-5-16)14(18)11-13-12-20-9-3-15-13;;/h13,15H,2-12H2,1H3;2*1H. The van der Waals surface area contributed by atoms with Crippen molar-refractivity contribution in [1.82, 2.24) is 15.1 Å². The highest BCUT2D eigenvalue weighted by Crippen LogP contribution is 2.07. The summed E-state index contributed by atoms with van der Waals surface area (Å²) in [6, 6.07) is 0.187. The van der Waals surface area contributed by atoms with Gasteiger partial charge in [-0.25, -0.2) is 0 Å². The Morgan fingerprint density at radius 1 is 1.27 bits per heavy atom. The Morgan fingerprint density at radius 2 is 2.00 bits per heavy atom. The molecule has 0 bridgehead atoms. The maximum absolute atomic E-state index is 12.2. The van der Waals surface area contributed by atoms with Gasteiger partial charge in [-0.3, -0.25) is 9.69 Å². The van der Waals surface area contributed by atoms with E-state index in [4.69, 9.17) is 9.47 Å². The molecule has 1 atom stereocenters. The normalized spacial score (nSPS) is 22.6. The molecule has 8 heteroatoms. The molecule has 2 fully saturated rings. The number of carbonyl (C=O) groups is 1. The molecule has 0 saturated carbocycles. The van der Waals surface area contributed by atoms with Gasteiger partial charge in [0.1, 0.15) is 0 Å². The van der Waals surface area contributed by atoms with Crippen molar-refractivity contribution in [3.8, 4) is 0 Å². The van der Waals surface area contributed by atoms with Crippen molar-refractivity contribution in [3.63, 3.8) is 0 Å². The van der Waals surface area contributed by atoms with Crippen LogP contribution in [0.15, 0.2) is 0 Å². The van der Waals surface area contributed by atoms with Gasteiger partial charge in [0.2, 0.25) is 5.91 Å². The molecule has 0 aromatic heterocycles. The molecule has 2 rings (SSSR count). The molecule has 6 nitrogen and oxygen atoms in total. The van der Waals surface area contributed by atoms with Crippen molar-refractivity contribution in [3.05, 3.63) is 0 Å². The third-order valence-corrected chi connectivity index (χ3v) is 3.90. The van der Waals surface area contributed by atoms with Gasteiger partial charge in [0, 0.05) is 58.3 Å². The number of piperazine rings is 1. The van der Waals surface area contributed by atoms with Crippen molar-refractivity contribution < 1.29 is 14.3 Å². The molecule has 1 N–H and O–H groups in total. The number of rotatable bonds is 6. The van der Waals surface area contributed by atoms with Crippen LogP contribution >= 0.6 is 24.8 Å². The minimum absolute atomic E-state index is 0. The van der Waals surface area contributed by atoms with Gasteiger partial charge in [-0.05, 0) is 6.92 Å². The average molecular weight is 358 g/mol. The van der Waals surface area contributed by atoms with Crippen LogP contribution in [0.3, 0.4) is 0 Å². The summed E-state index contributed by atoms with van der Waals surface area (Å²) in [4.78, 5) is 16.6. The lowest BCUT2D eigenvalue weighted by molar-refractivity contribution is -0.134. The smallest absolute Gasteiger partial charge is 0.224 e. The average Bonchev–Trinajstić information content (AvgIpc) is 2.49. The van der Waals surface area contributed by atoms with Crippen LogP contribution in [0.1, 0.15) is 13.3 Å². The van der Waals surface area contributed by atoms with Crippen LogP contribution in [0.4, 0.5) is 0 Å². The Kier molecular flexibility index (Phi) is 12.3. The summed E-state index contributed by atoms with van der Waals surface area (Å²) in [5, 5.41) is 3.33. The second kappa shape index (κ2) is 12.3. The molecule has 2 aliphatic heterocycles. The van der Waals surface area contributed by atoms with E-state index in [1.165, 1.54) is 0 Å². The third kappa shape index (κ3) is 7.44. The summed E-state index contributed by atoms with van der Waals surface area (Å²) in [5.74, 6) is 0.248. The van der Waals surface area contributed by atoms with Gasteiger partial charge in [-0.15, -0.1) is 24.8 Å². The summed E-state index contributed by atoms with van der Waals surface area (Å²) in [6.45, 7) is 10.4. The first kappa shape index (κ1) is 21.9. The number of halogens is 2. The summed E-state index contributed by atoms with van der Waals surface area (Å²) in [6.07, 6.45) is 0.555. The van der Waals surface area contributed by atoms with Crippen LogP contribution in [0.5, 0.6) is 0 Å². The van der Waals surface area contributed by atoms with Gasteiger partial charge in [-0.2, -0.15) is 0 Å². The maximum atomic E-state index is 12.2. The molecule has 132 valence electrons. The van der Waals surface area contributed by atoms with Crippen LogP contribution in [0, 0.1) is 0 Å². The summed E-state index contributed by atoms with van der Waals surface area (Å²) >= 11 is 0. The minimum Gasteiger partial charge on any atom is -0.380 e. The lowest BCUT2D eigenvalue weighted by atomic mass is 10.1. The number of ether oxygens (including phenoxy) is 2. The van der Waals surface area contributed by atoms with Crippen molar-refractivity contribution in [2.75, 3.05) is 65.7 Å². The van der Waals surface area contributed by atoms with E-state index in [1.54, 1.807) is 0 Å². The fourth-order valence-corrected chi connectivity index (χ4v) is 2.65. The van der Waals surface area contributed by atoms with Crippen LogP contribution in [-0.2, 0) is 14.3 Å². The zero-order valence-electron chi connectivity index (χ0n) is 13.3. The van der Waals surface area contributed by atoms with E-state index in [-0.39, 0.29) is 36.8 Å². The molecule has 2 heterocycles. The topological polar surface area (TPSA) is 54.0 Å². The highest BCUT2D eigenvalue weighted by atomic mass is 35.5. The van der Waals surface area contributed by atoms with E-state index in [1.807, 2.05) is 11.8 Å². The van der Waals surface area contributed by atoms with Crippen LogP contribution in [-0.4, -0.2) is 87.4 Å². The largest absolute Gasteiger partial charge is 0.380 e. The highest BCUT2D eigenvalue weighted by molar-refractivity contribution is 5.85. The van der Waals surface area contributed by atoms with E-state index in [9.17, 15) is 4.79 Å². The Bertz CT molecular complexity index is 297. The van der Waals surface area contributed by atoms with Crippen molar-refractivity contribution in [2.45, 2.75) is 19.4 Å². The van der Waals surface area contributed by atoms with Crippen molar-refractivity contribution in [2.24, 2.45) is 0 Å². The predicted molar refractivity (Wildman–Crippen MR) is 91.2 cm³/mol. The second-order valence-electron chi connectivity index (χ2n) is 5.35. The van der Waals surface area contributed by atoms with E-state index < -0.39 is 0 Å². The predicted octanol–water partition coefficient (Wildman–Crippen LogP) is 0.389. The lowest BCUT2D eigenvalue weighted by Crippen LogP contribution is -2.51. The summed E-state index contributed by atoms with van der Waals surface area (Å²) in [5.41, 5.74) is 0. The van der Waals surface area contributed by atoms with Crippen LogP contribution < -0.4 is 5.32 Å². The fraction of sp³-hybridized carbons (Fsp3) is 0.929. The number of carbonyl (C=O) groups excluding carboxylic acids is 1. The monoisotopic (exact) mass is 357 g/mol. The van der Waals surface area contributed by atoms with E-state index >= 15 is 0 Å². The zero-order valence-corrected chi connectivity index (χ0v) is 14.9. The lowest BCUT2D eigenvalue weighted by Gasteiger charge is -2.35. The Hall–Kier alpha value is -0.110. The Morgan fingerprint density at radius 3 is 2.59 bits per heavy atom. The molecule has 0 aliphatic carbocycles. The summed E-state index contributed by atoms with van der Waals surface area (Å²) < 4.78 is 10.8. The molecular formula is C14H29Cl2N3O3. The quantitative estimate of drug-likeness (QED) is 0.697. The molecule has 0 spiro atoms. The Labute approximate surface area is 145 Å². The molecular weight excluding hydrogens is 329 g/mol. The van der Waals surface area contributed by atoms with Crippen molar-refractivity contribution >= 4 is 30.7 Å². The van der Waals surface area contributed by atoms with Crippen LogP contribution in [0.2, 0.25) is 0 Å². The molecule has 2 aliphatic rings. The number of hydrogen-bond acceptors (Lipinski definition) is 5. The first-order chi connectivity index (χ1) is 9.79. The molecule has 0 radical (unpaired) electrons. The maximum Gasteiger partial charge on any atom is 0.224 e. The van der Waals surface area contributed by atoms with E-state index in [2.05, 4.69) is 10.2 Å². The van der Waals surface area contributed by atoms with E-state index in [0.29, 0.717) is 13.0 Å². The fourth-order valence-electron chi connectivity index (χ4n) is 2.65. The van der Waals surface area contributed by atoms with Gasteiger partial charge in [0.15, 0.2) is 0 Å². The van der Waals surface area contributed by atoms with Gasteiger partial charge < -0.3 is 19.7 Å². The highest BCUT2D eigenvalue weighted by Gasteiger charge is 2.24. The van der Waals surface area contributed by atoms with Crippen molar-refractivity contribution in [1.29, 1.82) is 0 Å². The van der Waals surface area contributed by atoms with Gasteiger partial charge in [0.05, 0.1) is 19.8 Å². The minimum atomic E-state index is 0. The molecule has 0 aromatic rings. The molecule has 0 aromatic carbocycles. The first-order valence-electron chi connectivity index (χ1n) is 7.68. The number of morpholine rings is 1. The third-order valence-electron chi connectivity index (χ3n) is 3.90. The number of nitrogens with one attached hydrogen (secondary N) is 1. The SMILES string of the molecule is CCOCCN1CCN(C(=O)CC2COCCN2)CC1.Cl.Cl. The number of hydrogen-bond donors (Lipinski definition) is 1. The molecule has 1 amide bonds. The van der Waals surface area contributed by atoms with Gasteiger partial charge >= 0.3 is 0 Å².